The average molecular weight is 301 g/mol. The number of benzene rings is 1. The SMILES string of the molecule is CCOC(=O)c1c(N)[nH]c2c(Br)cc(F)cc12. The van der Waals surface area contributed by atoms with Gasteiger partial charge in [-0.25, -0.2) is 9.18 Å². The van der Waals surface area contributed by atoms with Gasteiger partial charge in [0.15, 0.2) is 0 Å². The smallest absolute Gasteiger partial charge is 0.342 e. The molecule has 1 aromatic carbocycles. The molecular formula is C11H10BrFN2O2. The molecule has 3 N–H and O–H groups in total. The van der Waals surface area contributed by atoms with Gasteiger partial charge in [0.05, 0.1) is 12.1 Å². The molecule has 17 heavy (non-hydrogen) atoms. The van der Waals surface area contributed by atoms with Gasteiger partial charge in [-0.05, 0) is 35.0 Å². The number of anilines is 1. The highest BCUT2D eigenvalue weighted by Crippen LogP contribution is 2.31. The molecule has 2 rings (SSSR count). The molecule has 90 valence electrons. The normalized spacial score (nSPS) is 10.8. The number of nitrogens with two attached hydrogens (primary N) is 1. The van der Waals surface area contributed by atoms with Crippen molar-refractivity contribution in [2.75, 3.05) is 12.3 Å². The lowest BCUT2D eigenvalue weighted by molar-refractivity contribution is 0.0530. The summed E-state index contributed by atoms with van der Waals surface area (Å²) in [5.74, 6) is -0.840. The number of H-pyrrole nitrogens is 1. The van der Waals surface area contributed by atoms with Gasteiger partial charge in [-0.15, -0.1) is 0 Å². The number of nitrogen functional groups attached to an aromatic ring is 1. The zero-order valence-electron chi connectivity index (χ0n) is 9.01. The zero-order chi connectivity index (χ0) is 12.6. The number of ether oxygens (including phenoxy) is 1. The average Bonchev–Trinajstić information content (AvgIpc) is 2.55. The van der Waals surface area contributed by atoms with E-state index in [9.17, 15) is 9.18 Å². The van der Waals surface area contributed by atoms with Crippen LogP contribution in [0.4, 0.5) is 10.2 Å². The van der Waals surface area contributed by atoms with Crippen LogP contribution in [-0.4, -0.2) is 17.6 Å². The van der Waals surface area contributed by atoms with E-state index in [4.69, 9.17) is 10.5 Å². The number of rotatable bonds is 2. The van der Waals surface area contributed by atoms with Crippen molar-refractivity contribution >= 4 is 38.6 Å². The first-order valence-electron chi connectivity index (χ1n) is 4.98. The Balaban J connectivity index is 2.70. The van der Waals surface area contributed by atoms with Crippen LogP contribution in [0.3, 0.4) is 0 Å². The maximum Gasteiger partial charge on any atom is 0.342 e. The molecule has 4 nitrogen and oxygen atoms in total. The number of fused-ring (bicyclic) bond motifs is 1. The van der Waals surface area contributed by atoms with Crippen molar-refractivity contribution < 1.29 is 13.9 Å². The summed E-state index contributed by atoms with van der Waals surface area (Å²) in [6, 6.07) is 2.55. The van der Waals surface area contributed by atoms with Crippen LogP contribution >= 0.6 is 15.9 Å². The second-order valence-corrected chi connectivity index (χ2v) is 4.30. The van der Waals surface area contributed by atoms with Crippen LogP contribution in [-0.2, 0) is 4.74 Å². The number of carbonyl (C=O) groups excluding carboxylic acids is 1. The van der Waals surface area contributed by atoms with E-state index in [1.54, 1.807) is 6.92 Å². The van der Waals surface area contributed by atoms with Crippen LogP contribution in [0, 0.1) is 5.82 Å². The molecule has 2 aromatic rings. The molecule has 0 saturated heterocycles. The summed E-state index contributed by atoms with van der Waals surface area (Å²) in [6.45, 7) is 1.93. The van der Waals surface area contributed by atoms with E-state index in [0.29, 0.717) is 15.4 Å². The number of hydrogen-bond donors (Lipinski definition) is 2. The van der Waals surface area contributed by atoms with Crippen LogP contribution in [0.2, 0.25) is 0 Å². The van der Waals surface area contributed by atoms with Crippen LogP contribution < -0.4 is 5.73 Å². The molecule has 1 aromatic heterocycles. The highest BCUT2D eigenvalue weighted by Gasteiger charge is 2.19. The Morgan fingerprint density at radius 1 is 1.59 bits per heavy atom. The summed E-state index contributed by atoms with van der Waals surface area (Å²) in [6.07, 6.45) is 0. The monoisotopic (exact) mass is 300 g/mol. The fourth-order valence-corrected chi connectivity index (χ4v) is 2.19. The van der Waals surface area contributed by atoms with E-state index >= 15 is 0 Å². The number of nitrogens with one attached hydrogen (secondary N) is 1. The number of esters is 1. The first-order chi connectivity index (χ1) is 8.04. The third-order valence-electron chi connectivity index (χ3n) is 2.33. The minimum absolute atomic E-state index is 0.169. The van der Waals surface area contributed by atoms with Crippen LogP contribution in [0.15, 0.2) is 16.6 Å². The van der Waals surface area contributed by atoms with Gasteiger partial charge in [0.25, 0.3) is 0 Å². The lowest BCUT2D eigenvalue weighted by atomic mass is 10.1. The van der Waals surface area contributed by atoms with Crippen LogP contribution in [0.25, 0.3) is 10.9 Å². The van der Waals surface area contributed by atoms with E-state index < -0.39 is 11.8 Å². The quantitative estimate of drug-likeness (QED) is 0.838. The molecule has 0 unspecified atom stereocenters. The number of hydrogen-bond acceptors (Lipinski definition) is 3. The van der Waals surface area contributed by atoms with Crippen LogP contribution in [0.5, 0.6) is 0 Å². The van der Waals surface area contributed by atoms with E-state index in [0.717, 1.165) is 0 Å². The van der Waals surface area contributed by atoms with Crippen molar-refractivity contribution in [3.8, 4) is 0 Å². The van der Waals surface area contributed by atoms with Gasteiger partial charge in [-0.2, -0.15) is 0 Å². The number of carbonyl (C=O) groups is 1. The first-order valence-corrected chi connectivity index (χ1v) is 5.77. The molecule has 0 spiro atoms. The molecule has 0 bridgehead atoms. The minimum atomic E-state index is -0.561. The number of halogens is 2. The Morgan fingerprint density at radius 3 is 2.94 bits per heavy atom. The van der Waals surface area contributed by atoms with Gasteiger partial charge in [-0.1, -0.05) is 0 Å². The Labute approximate surface area is 105 Å². The lowest BCUT2D eigenvalue weighted by Crippen LogP contribution is -2.06. The van der Waals surface area contributed by atoms with Crippen molar-refractivity contribution in [2.45, 2.75) is 6.92 Å². The standard InChI is InChI=1S/C11H10BrFN2O2/c1-2-17-11(16)8-6-3-5(13)4-7(12)9(6)15-10(8)14/h3-4,15H,2,14H2,1H3. The van der Waals surface area contributed by atoms with E-state index in [-0.39, 0.29) is 18.0 Å². The predicted molar refractivity (Wildman–Crippen MR) is 66.3 cm³/mol. The maximum absolute atomic E-state index is 13.3. The summed E-state index contributed by atoms with van der Waals surface area (Å²) in [4.78, 5) is 14.5. The Morgan fingerprint density at radius 2 is 2.29 bits per heavy atom. The summed E-state index contributed by atoms with van der Waals surface area (Å²) >= 11 is 3.20. The second-order valence-electron chi connectivity index (χ2n) is 3.44. The first kappa shape index (κ1) is 11.9. The molecule has 0 atom stereocenters. The molecule has 0 aliphatic heterocycles. The molecule has 6 heteroatoms. The van der Waals surface area contributed by atoms with Crippen molar-refractivity contribution in [2.24, 2.45) is 0 Å². The van der Waals surface area contributed by atoms with Gasteiger partial charge in [0.1, 0.15) is 17.2 Å². The minimum Gasteiger partial charge on any atom is -0.462 e. The van der Waals surface area contributed by atoms with Crippen molar-refractivity contribution in [1.82, 2.24) is 4.98 Å². The third-order valence-corrected chi connectivity index (χ3v) is 2.96. The predicted octanol–water partition coefficient (Wildman–Crippen LogP) is 2.83. The second kappa shape index (κ2) is 4.37. The summed E-state index contributed by atoms with van der Waals surface area (Å²) in [5.41, 5.74) is 6.45. The van der Waals surface area contributed by atoms with Crippen molar-refractivity contribution in [3.63, 3.8) is 0 Å². The topological polar surface area (TPSA) is 68.1 Å². The lowest BCUT2D eigenvalue weighted by Gasteiger charge is -2.01. The van der Waals surface area contributed by atoms with Gasteiger partial charge >= 0.3 is 5.97 Å². The molecular weight excluding hydrogens is 291 g/mol. The summed E-state index contributed by atoms with van der Waals surface area (Å²) in [7, 11) is 0. The van der Waals surface area contributed by atoms with Crippen molar-refractivity contribution in [3.05, 3.63) is 28.0 Å². The maximum atomic E-state index is 13.3. The largest absolute Gasteiger partial charge is 0.462 e. The summed E-state index contributed by atoms with van der Waals surface area (Å²) in [5, 5.41) is 0.410. The van der Waals surface area contributed by atoms with Crippen molar-refractivity contribution in [1.29, 1.82) is 0 Å². The summed E-state index contributed by atoms with van der Waals surface area (Å²) < 4.78 is 18.7. The van der Waals surface area contributed by atoms with Gasteiger partial charge < -0.3 is 15.5 Å². The molecule has 0 fully saturated rings. The molecule has 0 aliphatic carbocycles. The molecule has 0 saturated carbocycles. The van der Waals surface area contributed by atoms with Gasteiger partial charge in [0.2, 0.25) is 0 Å². The van der Waals surface area contributed by atoms with E-state index in [1.807, 2.05) is 0 Å². The molecule has 0 amide bonds. The molecule has 1 heterocycles. The number of aromatic nitrogens is 1. The van der Waals surface area contributed by atoms with E-state index in [1.165, 1.54) is 12.1 Å². The highest BCUT2D eigenvalue weighted by molar-refractivity contribution is 9.10. The Kier molecular flexibility index (Phi) is 3.06. The van der Waals surface area contributed by atoms with E-state index in [2.05, 4.69) is 20.9 Å². The van der Waals surface area contributed by atoms with Crippen LogP contribution in [0.1, 0.15) is 17.3 Å². The molecule has 0 radical (unpaired) electrons. The Bertz CT molecular complexity index is 595. The number of aromatic amines is 1. The fraction of sp³-hybridized carbons (Fsp3) is 0.182. The fourth-order valence-electron chi connectivity index (χ4n) is 1.66. The highest BCUT2D eigenvalue weighted by atomic mass is 79.9. The Hall–Kier alpha value is -1.56. The molecule has 0 aliphatic rings. The van der Waals surface area contributed by atoms with Gasteiger partial charge in [0, 0.05) is 9.86 Å². The third kappa shape index (κ3) is 2.00. The zero-order valence-corrected chi connectivity index (χ0v) is 10.6. The van der Waals surface area contributed by atoms with Gasteiger partial charge in [-0.3, -0.25) is 0 Å².